The summed E-state index contributed by atoms with van der Waals surface area (Å²) < 4.78 is 0. The first-order valence-electron chi connectivity index (χ1n) is 3.73. The number of benzene rings is 1. The minimum absolute atomic E-state index is 0.215. The molecule has 0 aliphatic rings. The van der Waals surface area contributed by atoms with Gasteiger partial charge in [-0.25, -0.2) is 0 Å². The predicted molar refractivity (Wildman–Crippen MR) is 55.2 cm³/mol. The Morgan fingerprint density at radius 2 is 2.15 bits per heavy atom. The zero-order valence-electron chi connectivity index (χ0n) is 7.52. The molecule has 0 saturated heterocycles. The summed E-state index contributed by atoms with van der Waals surface area (Å²) in [5.74, 6) is 0.215. The van der Waals surface area contributed by atoms with Crippen molar-refractivity contribution in [2.45, 2.75) is 0 Å². The number of hydrogen-bond donors (Lipinski definition) is 1. The maximum Gasteiger partial charge on any atom is 0.146 e. The number of oxime groups is 1. The van der Waals surface area contributed by atoms with Crippen molar-refractivity contribution in [3.05, 3.63) is 29.8 Å². The van der Waals surface area contributed by atoms with Crippen LogP contribution >= 0.6 is 11.8 Å². The van der Waals surface area contributed by atoms with E-state index in [1.807, 2.05) is 12.3 Å². The summed E-state index contributed by atoms with van der Waals surface area (Å²) in [7, 11) is 1.48. The van der Waals surface area contributed by atoms with Crippen LogP contribution in [-0.4, -0.2) is 23.5 Å². The van der Waals surface area contributed by atoms with Crippen LogP contribution in [0.5, 0.6) is 5.75 Å². The Kier molecular flexibility index (Phi) is 3.64. The number of phenolic OH excluding ortho intramolecular Hbond substituents is 1. The highest BCUT2D eigenvalue weighted by atomic mass is 32.2. The van der Waals surface area contributed by atoms with Crippen molar-refractivity contribution in [1.29, 1.82) is 0 Å². The topological polar surface area (TPSA) is 41.8 Å². The van der Waals surface area contributed by atoms with Crippen molar-refractivity contribution in [3.63, 3.8) is 0 Å². The molecule has 0 heterocycles. The van der Waals surface area contributed by atoms with Crippen molar-refractivity contribution in [2.24, 2.45) is 5.16 Å². The number of nitrogens with zero attached hydrogens (tertiary/aromatic N) is 1. The van der Waals surface area contributed by atoms with Gasteiger partial charge in [0, 0.05) is 0 Å². The van der Waals surface area contributed by atoms with Crippen LogP contribution in [0.2, 0.25) is 0 Å². The molecular formula is C9H11NO2S. The van der Waals surface area contributed by atoms with Gasteiger partial charge in [-0.1, -0.05) is 17.3 Å². The molecule has 13 heavy (non-hydrogen) atoms. The van der Waals surface area contributed by atoms with Crippen LogP contribution in [-0.2, 0) is 4.84 Å². The van der Waals surface area contributed by atoms with E-state index in [2.05, 4.69) is 9.99 Å². The Morgan fingerprint density at radius 1 is 1.46 bits per heavy atom. The lowest BCUT2D eigenvalue weighted by Crippen LogP contribution is -1.95. The molecule has 0 atom stereocenters. The van der Waals surface area contributed by atoms with Gasteiger partial charge >= 0.3 is 0 Å². The van der Waals surface area contributed by atoms with Gasteiger partial charge in [-0.3, -0.25) is 0 Å². The van der Waals surface area contributed by atoms with Gasteiger partial charge in [0.25, 0.3) is 0 Å². The van der Waals surface area contributed by atoms with Crippen molar-refractivity contribution in [2.75, 3.05) is 13.4 Å². The molecule has 0 aliphatic carbocycles. The summed E-state index contributed by atoms with van der Waals surface area (Å²) >= 11 is 1.43. The third-order valence-corrected chi connectivity index (χ3v) is 2.18. The Balaban J connectivity index is 3.05. The third-order valence-electron chi connectivity index (χ3n) is 1.50. The quantitative estimate of drug-likeness (QED) is 0.448. The summed E-state index contributed by atoms with van der Waals surface area (Å²) in [6.45, 7) is 0. The van der Waals surface area contributed by atoms with Gasteiger partial charge in [0.15, 0.2) is 0 Å². The van der Waals surface area contributed by atoms with E-state index in [1.165, 1.54) is 18.9 Å². The number of thioether (sulfide) groups is 1. The predicted octanol–water partition coefficient (Wildman–Crippen LogP) is 2.06. The second-order valence-electron chi connectivity index (χ2n) is 2.30. The maximum atomic E-state index is 9.49. The SMILES string of the molecule is CO/N=C(\SC)c1ccccc1O. The number of phenols is 1. The van der Waals surface area contributed by atoms with Crippen LogP contribution in [0.3, 0.4) is 0 Å². The van der Waals surface area contributed by atoms with Crippen LogP contribution in [0.1, 0.15) is 5.56 Å². The molecule has 0 radical (unpaired) electrons. The molecule has 70 valence electrons. The monoisotopic (exact) mass is 197 g/mol. The fourth-order valence-electron chi connectivity index (χ4n) is 0.934. The number of rotatable bonds is 2. The van der Waals surface area contributed by atoms with Gasteiger partial charge in [0.05, 0.1) is 5.56 Å². The molecular weight excluding hydrogens is 186 g/mol. The van der Waals surface area contributed by atoms with E-state index in [9.17, 15) is 5.11 Å². The first-order valence-corrected chi connectivity index (χ1v) is 4.95. The van der Waals surface area contributed by atoms with Crippen LogP contribution in [0, 0.1) is 0 Å². The second kappa shape index (κ2) is 4.77. The molecule has 0 aromatic heterocycles. The smallest absolute Gasteiger partial charge is 0.146 e. The van der Waals surface area contributed by atoms with Crippen LogP contribution < -0.4 is 0 Å². The van der Waals surface area contributed by atoms with Crippen LogP contribution in [0.4, 0.5) is 0 Å². The fraction of sp³-hybridized carbons (Fsp3) is 0.222. The molecule has 3 nitrogen and oxygen atoms in total. The first kappa shape index (κ1) is 9.92. The average molecular weight is 197 g/mol. The lowest BCUT2D eigenvalue weighted by Gasteiger charge is -2.03. The van der Waals surface area contributed by atoms with E-state index in [0.29, 0.717) is 10.6 Å². The minimum Gasteiger partial charge on any atom is -0.507 e. The second-order valence-corrected chi connectivity index (χ2v) is 3.10. The Hall–Kier alpha value is -1.16. The molecule has 0 spiro atoms. The van der Waals surface area contributed by atoms with Gasteiger partial charge in [0.1, 0.15) is 17.9 Å². The van der Waals surface area contributed by atoms with Crippen LogP contribution in [0.15, 0.2) is 29.4 Å². The summed E-state index contributed by atoms with van der Waals surface area (Å²) in [4.78, 5) is 4.66. The molecule has 1 N–H and O–H groups in total. The number of para-hydroxylation sites is 1. The molecule has 0 amide bonds. The van der Waals surface area contributed by atoms with E-state index < -0.39 is 0 Å². The zero-order valence-corrected chi connectivity index (χ0v) is 8.34. The highest BCUT2D eigenvalue weighted by molar-refractivity contribution is 8.13. The molecule has 0 fully saturated rings. The third kappa shape index (κ3) is 2.39. The van der Waals surface area contributed by atoms with Gasteiger partial charge in [0.2, 0.25) is 0 Å². The Morgan fingerprint density at radius 3 is 2.69 bits per heavy atom. The average Bonchev–Trinajstić information content (AvgIpc) is 2.16. The highest BCUT2D eigenvalue weighted by Gasteiger charge is 2.06. The summed E-state index contributed by atoms with van der Waals surface area (Å²) in [6, 6.07) is 7.03. The van der Waals surface area contributed by atoms with Gasteiger partial charge < -0.3 is 9.94 Å². The van der Waals surface area contributed by atoms with E-state index in [1.54, 1.807) is 18.2 Å². The molecule has 1 aromatic carbocycles. The molecule has 4 heteroatoms. The van der Waals surface area contributed by atoms with Crippen molar-refractivity contribution in [1.82, 2.24) is 0 Å². The molecule has 1 aromatic rings. The standard InChI is InChI=1S/C9H11NO2S/c1-12-10-9(13-2)7-5-3-4-6-8(7)11/h3-6,11H,1-2H3/b10-9-. The molecule has 1 rings (SSSR count). The van der Waals surface area contributed by atoms with Crippen molar-refractivity contribution < 1.29 is 9.94 Å². The van der Waals surface area contributed by atoms with Crippen LogP contribution in [0.25, 0.3) is 0 Å². The Bertz CT molecular complexity index is 312. The summed E-state index contributed by atoms with van der Waals surface area (Å²) in [5.41, 5.74) is 0.692. The Labute approximate surface area is 81.4 Å². The minimum atomic E-state index is 0.215. The van der Waals surface area contributed by atoms with Gasteiger partial charge in [-0.2, -0.15) is 0 Å². The molecule has 0 aliphatic heterocycles. The lowest BCUT2D eigenvalue weighted by molar-refractivity contribution is 0.215. The summed E-state index contributed by atoms with van der Waals surface area (Å²) in [5, 5.41) is 13.9. The zero-order chi connectivity index (χ0) is 9.68. The molecule has 0 bridgehead atoms. The largest absolute Gasteiger partial charge is 0.507 e. The highest BCUT2D eigenvalue weighted by Crippen LogP contribution is 2.21. The van der Waals surface area contributed by atoms with Gasteiger partial charge in [-0.15, -0.1) is 11.8 Å². The lowest BCUT2D eigenvalue weighted by atomic mass is 10.2. The van der Waals surface area contributed by atoms with Crippen molar-refractivity contribution in [3.8, 4) is 5.75 Å². The van der Waals surface area contributed by atoms with Crippen molar-refractivity contribution >= 4 is 16.8 Å². The number of hydrogen-bond acceptors (Lipinski definition) is 4. The first-order chi connectivity index (χ1) is 6.29. The summed E-state index contributed by atoms with van der Waals surface area (Å²) in [6.07, 6.45) is 1.88. The van der Waals surface area contributed by atoms with E-state index in [0.717, 1.165) is 0 Å². The van der Waals surface area contributed by atoms with E-state index in [-0.39, 0.29) is 5.75 Å². The fourth-order valence-corrected chi connectivity index (χ4v) is 1.48. The number of aromatic hydroxyl groups is 1. The normalized spacial score (nSPS) is 11.4. The van der Waals surface area contributed by atoms with E-state index >= 15 is 0 Å². The molecule has 0 unspecified atom stereocenters. The van der Waals surface area contributed by atoms with Gasteiger partial charge in [-0.05, 0) is 18.4 Å². The maximum absolute atomic E-state index is 9.49. The molecule has 0 saturated carbocycles. The van der Waals surface area contributed by atoms with E-state index in [4.69, 9.17) is 0 Å².